The number of aromatic nitrogens is 4. The Balaban J connectivity index is 1.85. The summed E-state index contributed by atoms with van der Waals surface area (Å²) in [6, 6.07) is 3.46. The van der Waals surface area contributed by atoms with Crippen LogP contribution in [0.15, 0.2) is 49.3 Å². The number of hydrogen-bond donors (Lipinski definition) is 2. The van der Waals surface area contributed by atoms with Crippen LogP contribution in [-0.4, -0.2) is 57.1 Å². The number of ether oxygens (including phenoxy) is 1. The quantitative estimate of drug-likeness (QED) is 0.495. The van der Waals surface area contributed by atoms with Gasteiger partial charge in [-0.05, 0) is 12.1 Å². The number of aliphatic hydroxyl groups is 1. The van der Waals surface area contributed by atoms with E-state index in [2.05, 4.69) is 19.9 Å². The van der Waals surface area contributed by atoms with Crippen LogP contribution in [0.1, 0.15) is 11.7 Å². The van der Waals surface area contributed by atoms with Crippen molar-refractivity contribution < 1.29 is 14.6 Å². The molecule has 9 heteroatoms. The van der Waals surface area contributed by atoms with Crippen LogP contribution in [0.4, 0.5) is 0 Å². The highest BCUT2D eigenvalue weighted by atomic mass is 35.5. The average Bonchev–Trinajstić information content (AvgIpc) is 3.23. The molecule has 4 heterocycles. The third-order valence-electron chi connectivity index (χ3n) is 4.99. The largest absolute Gasteiger partial charge is 0.496 e. The minimum absolute atomic E-state index is 0.371. The van der Waals surface area contributed by atoms with E-state index in [1.165, 1.54) is 11.1 Å². The number of fused-ring (bicyclic) bond motifs is 1. The fourth-order valence-electron chi connectivity index (χ4n) is 3.37. The van der Waals surface area contributed by atoms with Gasteiger partial charge < -0.3 is 19.7 Å². The van der Waals surface area contributed by atoms with Gasteiger partial charge in [-0.15, -0.1) is 0 Å². The Hall–Kier alpha value is -3.49. The summed E-state index contributed by atoms with van der Waals surface area (Å²) in [4.78, 5) is 29.5. The topological polar surface area (TPSA) is 104 Å². The molecule has 0 saturated carbocycles. The normalized spacial score (nSPS) is 12.0. The Bertz CT molecular complexity index is 1270. The molecule has 31 heavy (non-hydrogen) atoms. The number of likely N-dealkylation sites (N-methyl/N-ethyl adjacent to an activating group) is 1. The monoisotopic (exact) mass is 437 g/mol. The number of methoxy groups -OCH3 is 1. The van der Waals surface area contributed by atoms with Crippen molar-refractivity contribution in [2.24, 2.45) is 0 Å². The van der Waals surface area contributed by atoms with E-state index in [0.717, 1.165) is 11.1 Å². The number of hydrogen-bond acceptors (Lipinski definition) is 6. The van der Waals surface area contributed by atoms with Crippen molar-refractivity contribution in [1.82, 2.24) is 24.8 Å². The lowest BCUT2D eigenvalue weighted by Gasteiger charge is -2.16. The van der Waals surface area contributed by atoms with Gasteiger partial charge in [0.1, 0.15) is 11.4 Å². The van der Waals surface area contributed by atoms with Gasteiger partial charge in [-0.25, -0.2) is 4.98 Å². The highest BCUT2D eigenvalue weighted by Gasteiger charge is 2.22. The fraction of sp³-hybridized carbons (Fsp3) is 0.182. The number of aliphatic hydroxyl groups excluding tert-OH is 1. The number of rotatable bonds is 5. The van der Waals surface area contributed by atoms with Gasteiger partial charge in [-0.3, -0.25) is 14.8 Å². The Morgan fingerprint density at radius 3 is 2.71 bits per heavy atom. The molecule has 0 aliphatic rings. The summed E-state index contributed by atoms with van der Waals surface area (Å²) >= 11 is 6.83. The number of carbonyl (C=O) groups excluding carboxylic acids is 1. The standard InChI is InChI=1S/C22H20ClN5O3/c1-28(2)22(30)20(29)13-6-12(7-25-8-13)14-10-26-21-18(19(14)23)16(11-27-21)15-9-24-5-4-17(15)31-3/h4-11,20,29H,1-3H3,(H,26,27). The predicted molar refractivity (Wildman–Crippen MR) is 118 cm³/mol. The van der Waals surface area contributed by atoms with Gasteiger partial charge in [0.05, 0.1) is 12.1 Å². The van der Waals surface area contributed by atoms with Gasteiger partial charge in [0, 0.05) is 84.5 Å². The van der Waals surface area contributed by atoms with Crippen LogP contribution in [-0.2, 0) is 4.79 Å². The van der Waals surface area contributed by atoms with E-state index < -0.39 is 12.0 Å². The van der Waals surface area contributed by atoms with Crippen molar-refractivity contribution in [3.8, 4) is 28.0 Å². The van der Waals surface area contributed by atoms with Gasteiger partial charge >= 0.3 is 0 Å². The van der Waals surface area contributed by atoms with Crippen LogP contribution in [0.2, 0.25) is 5.02 Å². The molecule has 1 atom stereocenters. The molecule has 8 nitrogen and oxygen atoms in total. The lowest BCUT2D eigenvalue weighted by atomic mass is 10.0. The number of amides is 1. The van der Waals surface area contributed by atoms with E-state index in [1.807, 2.05) is 0 Å². The lowest BCUT2D eigenvalue weighted by Crippen LogP contribution is -2.28. The Morgan fingerprint density at radius 1 is 1.16 bits per heavy atom. The van der Waals surface area contributed by atoms with Crippen molar-refractivity contribution in [2.75, 3.05) is 21.2 Å². The molecule has 4 aromatic rings. The first-order valence-electron chi connectivity index (χ1n) is 9.41. The first kappa shape index (κ1) is 20.8. The molecule has 0 saturated heterocycles. The first-order valence-corrected chi connectivity index (χ1v) is 9.78. The number of aromatic amines is 1. The first-order chi connectivity index (χ1) is 14.9. The second kappa shape index (κ2) is 8.33. The molecule has 0 aliphatic heterocycles. The molecule has 4 rings (SSSR count). The van der Waals surface area contributed by atoms with E-state index in [1.54, 1.807) is 64.3 Å². The summed E-state index contributed by atoms with van der Waals surface area (Å²) in [6.07, 6.45) is 8.54. The molecule has 1 amide bonds. The molecular formula is C22H20ClN5O3. The summed E-state index contributed by atoms with van der Waals surface area (Å²) in [7, 11) is 4.76. The number of nitrogens with one attached hydrogen (secondary N) is 1. The molecule has 0 aromatic carbocycles. The van der Waals surface area contributed by atoms with Crippen molar-refractivity contribution in [3.05, 3.63) is 59.9 Å². The van der Waals surface area contributed by atoms with Crippen LogP contribution >= 0.6 is 11.6 Å². The lowest BCUT2D eigenvalue weighted by molar-refractivity contribution is -0.137. The number of pyridine rings is 3. The van der Waals surface area contributed by atoms with Gasteiger partial charge in [-0.1, -0.05) is 11.6 Å². The van der Waals surface area contributed by atoms with E-state index in [0.29, 0.717) is 38.5 Å². The molecule has 158 valence electrons. The van der Waals surface area contributed by atoms with Crippen molar-refractivity contribution in [2.45, 2.75) is 6.10 Å². The van der Waals surface area contributed by atoms with Crippen LogP contribution in [0.5, 0.6) is 5.75 Å². The summed E-state index contributed by atoms with van der Waals surface area (Å²) in [5, 5.41) is 11.6. The van der Waals surface area contributed by atoms with E-state index in [9.17, 15) is 9.90 Å². The number of nitrogens with zero attached hydrogens (tertiary/aromatic N) is 4. The maximum atomic E-state index is 12.1. The van der Waals surface area contributed by atoms with Gasteiger partial charge in [-0.2, -0.15) is 0 Å². The van der Waals surface area contributed by atoms with E-state index in [-0.39, 0.29) is 0 Å². The summed E-state index contributed by atoms with van der Waals surface area (Å²) in [5.41, 5.74) is 3.81. The Labute approximate surface area is 183 Å². The minimum Gasteiger partial charge on any atom is -0.496 e. The summed E-state index contributed by atoms with van der Waals surface area (Å²) in [6.45, 7) is 0. The molecule has 0 spiro atoms. The van der Waals surface area contributed by atoms with Crippen LogP contribution in [0.25, 0.3) is 33.3 Å². The predicted octanol–water partition coefficient (Wildman–Crippen LogP) is 3.47. The molecule has 0 fully saturated rings. The van der Waals surface area contributed by atoms with E-state index in [4.69, 9.17) is 16.3 Å². The molecule has 2 N–H and O–H groups in total. The van der Waals surface area contributed by atoms with Crippen molar-refractivity contribution >= 4 is 28.5 Å². The summed E-state index contributed by atoms with van der Waals surface area (Å²) in [5.74, 6) is 0.224. The maximum absolute atomic E-state index is 12.1. The minimum atomic E-state index is -1.32. The summed E-state index contributed by atoms with van der Waals surface area (Å²) < 4.78 is 5.47. The number of H-pyrrole nitrogens is 1. The molecule has 0 radical (unpaired) electrons. The second-order valence-electron chi connectivity index (χ2n) is 7.13. The molecule has 0 bridgehead atoms. The smallest absolute Gasteiger partial charge is 0.255 e. The third-order valence-corrected chi connectivity index (χ3v) is 5.38. The van der Waals surface area contributed by atoms with E-state index >= 15 is 0 Å². The maximum Gasteiger partial charge on any atom is 0.255 e. The zero-order valence-electron chi connectivity index (χ0n) is 17.1. The highest BCUT2D eigenvalue weighted by Crippen LogP contribution is 2.41. The van der Waals surface area contributed by atoms with Crippen molar-refractivity contribution in [1.29, 1.82) is 0 Å². The SMILES string of the molecule is COc1ccncc1-c1c[nH]c2ncc(-c3cncc(C(O)C(=O)N(C)C)c3)c(Cl)c12. The zero-order chi connectivity index (χ0) is 22.1. The Kier molecular flexibility index (Phi) is 5.58. The van der Waals surface area contributed by atoms with Gasteiger partial charge in [0.25, 0.3) is 5.91 Å². The fourth-order valence-corrected chi connectivity index (χ4v) is 3.72. The number of halogens is 1. The third kappa shape index (κ3) is 3.71. The highest BCUT2D eigenvalue weighted by molar-refractivity contribution is 6.39. The van der Waals surface area contributed by atoms with Crippen molar-refractivity contribution in [3.63, 3.8) is 0 Å². The van der Waals surface area contributed by atoms with Crippen LogP contribution < -0.4 is 4.74 Å². The van der Waals surface area contributed by atoms with Crippen LogP contribution in [0, 0.1) is 0 Å². The molecule has 0 aliphatic carbocycles. The zero-order valence-corrected chi connectivity index (χ0v) is 17.9. The van der Waals surface area contributed by atoms with Gasteiger partial charge in [0.15, 0.2) is 6.10 Å². The Morgan fingerprint density at radius 2 is 1.97 bits per heavy atom. The molecule has 1 unspecified atom stereocenters. The average molecular weight is 438 g/mol. The van der Waals surface area contributed by atoms with Gasteiger partial charge in [0.2, 0.25) is 0 Å². The molecular weight excluding hydrogens is 418 g/mol. The second-order valence-corrected chi connectivity index (χ2v) is 7.51. The molecule has 4 aromatic heterocycles. The number of carbonyl (C=O) groups is 1. The van der Waals surface area contributed by atoms with Crippen LogP contribution in [0.3, 0.4) is 0 Å².